The summed E-state index contributed by atoms with van der Waals surface area (Å²) in [6.45, 7) is 0. The molecule has 0 saturated heterocycles. The molecule has 2 aliphatic carbocycles. The molecule has 1 saturated carbocycles. The molecular formula is C18H26N2O4. The van der Waals surface area contributed by atoms with Gasteiger partial charge in [-0.05, 0) is 32.1 Å². The second-order valence-corrected chi connectivity index (χ2v) is 7.01. The molecule has 1 aromatic heterocycles. The molecule has 6 nitrogen and oxygen atoms in total. The van der Waals surface area contributed by atoms with Crippen LogP contribution in [-0.2, 0) is 17.6 Å². The number of aliphatic carboxylic acids is 1. The van der Waals surface area contributed by atoms with Gasteiger partial charge < -0.3 is 14.9 Å². The molecule has 1 fully saturated rings. The largest absolute Gasteiger partial charge is 0.481 e. The van der Waals surface area contributed by atoms with Gasteiger partial charge in [-0.3, -0.25) is 9.59 Å². The maximum absolute atomic E-state index is 12.7. The van der Waals surface area contributed by atoms with E-state index in [2.05, 4.69) is 10.5 Å². The van der Waals surface area contributed by atoms with Crippen LogP contribution in [0, 0.1) is 5.92 Å². The molecule has 132 valence electrons. The van der Waals surface area contributed by atoms with E-state index in [-0.39, 0.29) is 11.9 Å². The monoisotopic (exact) mass is 334 g/mol. The Morgan fingerprint density at radius 1 is 1.00 bits per heavy atom. The molecule has 2 N–H and O–H groups in total. The van der Waals surface area contributed by atoms with Gasteiger partial charge in [0.1, 0.15) is 5.76 Å². The van der Waals surface area contributed by atoms with Crippen molar-refractivity contribution in [3.8, 4) is 0 Å². The highest BCUT2D eigenvalue weighted by molar-refractivity contribution is 5.94. The number of nitrogens with zero attached hydrogens (tertiary/aromatic N) is 1. The normalized spacial score (nSPS) is 25.0. The van der Waals surface area contributed by atoms with Crippen molar-refractivity contribution in [3.05, 3.63) is 17.0 Å². The SMILES string of the molecule is O=C(NC1CCCCCCC1C(=O)O)c1noc2c1CCCCC2. The van der Waals surface area contributed by atoms with Gasteiger partial charge in [-0.2, -0.15) is 0 Å². The molecule has 0 spiro atoms. The van der Waals surface area contributed by atoms with Crippen molar-refractivity contribution in [2.75, 3.05) is 0 Å². The van der Waals surface area contributed by atoms with Gasteiger partial charge in [0.15, 0.2) is 5.69 Å². The molecule has 2 atom stereocenters. The molecule has 3 rings (SSSR count). The van der Waals surface area contributed by atoms with E-state index in [1.807, 2.05) is 0 Å². The number of rotatable bonds is 3. The second kappa shape index (κ2) is 7.81. The number of fused-ring (bicyclic) bond motifs is 1. The minimum absolute atomic E-state index is 0.279. The van der Waals surface area contributed by atoms with Crippen molar-refractivity contribution in [2.45, 2.75) is 76.7 Å². The fraction of sp³-hybridized carbons (Fsp3) is 0.722. The number of aromatic nitrogens is 1. The lowest BCUT2D eigenvalue weighted by atomic mass is 9.86. The van der Waals surface area contributed by atoms with E-state index in [0.29, 0.717) is 18.5 Å². The molecule has 0 aliphatic heterocycles. The summed E-state index contributed by atoms with van der Waals surface area (Å²) in [5, 5.41) is 16.4. The molecule has 2 unspecified atom stereocenters. The van der Waals surface area contributed by atoms with Crippen molar-refractivity contribution in [1.29, 1.82) is 0 Å². The first-order valence-corrected chi connectivity index (χ1v) is 9.18. The van der Waals surface area contributed by atoms with Crippen molar-refractivity contribution >= 4 is 11.9 Å². The molecule has 0 aromatic carbocycles. The van der Waals surface area contributed by atoms with Crippen LogP contribution in [0.4, 0.5) is 0 Å². The molecule has 2 aliphatic rings. The smallest absolute Gasteiger partial charge is 0.308 e. The van der Waals surface area contributed by atoms with Crippen molar-refractivity contribution in [3.63, 3.8) is 0 Å². The maximum Gasteiger partial charge on any atom is 0.308 e. The first-order chi connectivity index (χ1) is 11.7. The van der Waals surface area contributed by atoms with Gasteiger partial charge in [-0.25, -0.2) is 0 Å². The third kappa shape index (κ3) is 3.79. The van der Waals surface area contributed by atoms with Crippen LogP contribution >= 0.6 is 0 Å². The second-order valence-electron chi connectivity index (χ2n) is 7.01. The van der Waals surface area contributed by atoms with E-state index in [0.717, 1.165) is 69.1 Å². The van der Waals surface area contributed by atoms with Gasteiger partial charge in [0.25, 0.3) is 5.91 Å². The Labute approximate surface area is 142 Å². The topological polar surface area (TPSA) is 92.4 Å². The number of carbonyl (C=O) groups is 2. The quantitative estimate of drug-likeness (QED) is 0.829. The lowest BCUT2D eigenvalue weighted by Crippen LogP contribution is -2.44. The van der Waals surface area contributed by atoms with Gasteiger partial charge in [-0.15, -0.1) is 0 Å². The number of hydrogen-bond acceptors (Lipinski definition) is 4. The fourth-order valence-electron chi connectivity index (χ4n) is 3.93. The standard InChI is InChI=1S/C18H26N2O4/c21-17(16-13-9-5-3-7-11-15(13)24-20-16)19-14-10-6-2-1-4-8-12(14)18(22)23/h12,14H,1-11H2,(H,19,21)(H,22,23). The number of amides is 1. The molecular weight excluding hydrogens is 308 g/mol. The molecule has 0 bridgehead atoms. The number of carboxylic acids is 1. The summed E-state index contributed by atoms with van der Waals surface area (Å²) in [5.74, 6) is -0.787. The van der Waals surface area contributed by atoms with Crippen LogP contribution in [0.15, 0.2) is 4.52 Å². The van der Waals surface area contributed by atoms with E-state index in [1.165, 1.54) is 0 Å². The number of hydrogen-bond donors (Lipinski definition) is 2. The third-order valence-electron chi connectivity index (χ3n) is 5.31. The minimum Gasteiger partial charge on any atom is -0.481 e. The zero-order valence-corrected chi connectivity index (χ0v) is 14.1. The average molecular weight is 334 g/mol. The van der Waals surface area contributed by atoms with Gasteiger partial charge in [0.05, 0.1) is 5.92 Å². The number of aryl methyl sites for hydroxylation is 1. The van der Waals surface area contributed by atoms with Crippen molar-refractivity contribution < 1.29 is 19.2 Å². The van der Waals surface area contributed by atoms with Gasteiger partial charge in [0, 0.05) is 18.0 Å². The zero-order chi connectivity index (χ0) is 16.9. The molecule has 1 amide bonds. The summed E-state index contributed by atoms with van der Waals surface area (Å²) in [6, 6.07) is -0.326. The van der Waals surface area contributed by atoms with Crippen LogP contribution in [0.1, 0.15) is 79.6 Å². The summed E-state index contributed by atoms with van der Waals surface area (Å²) in [4.78, 5) is 24.3. The predicted molar refractivity (Wildman–Crippen MR) is 87.8 cm³/mol. The van der Waals surface area contributed by atoms with Crippen LogP contribution in [0.25, 0.3) is 0 Å². The van der Waals surface area contributed by atoms with Crippen molar-refractivity contribution in [1.82, 2.24) is 10.5 Å². The molecule has 0 radical (unpaired) electrons. The maximum atomic E-state index is 12.7. The lowest BCUT2D eigenvalue weighted by molar-refractivity contribution is -0.143. The van der Waals surface area contributed by atoms with Crippen LogP contribution in [-0.4, -0.2) is 28.2 Å². The highest BCUT2D eigenvalue weighted by Crippen LogP contribution is 2.26. The van der Waals surface area contributed by atoms with E-state index in [1.54, 1.807) is 0 Å². The Kier molecular flexibility index (Phi) is 5.53. The minimum atomic E-state index is -0.818. The van der Waals surface area contributed by atoms with Gasteiger partial charge in [-0.1, -0.05) is 37.3 Å². The summed E-state index contributed by atoms with van der Waals surface area (Å²) < 4.78 is 5.37. The number of carbonyl (C=O) groups excluding carboxylic acids is 1. The average Bonchev–Trinajstić information content (AvgIpc) is 2.78. The van der Waals surface area contributed by atoms with Crippen LogP contribution in [0.2, 0.25) is 0 Å². The number of nitrogens with one attached hydrogen (secondary N) is 1. The molecule has 6 heteroatoms. The van der Waals surface area contributed by atoms with Crippen molar-refractivity contribution in [2.24, 2.45) is 5.92 Å². The predicted octanol–water partition coefficient (Wildman–Crippen LogP) is 3.10. The highest BCUT2D eigenvalue weighted by atomic mass is 16.5. The Morgan fingerprint density at radius 3 is 2.50 bits per heavy atom. The Bertz CT molecular complexity index is 596. The first kappa shape index (κ1) is 17.0. The summed E-state index contributed by atoms with van der Waals surface area (Å²) >= 11 is 0. The summed E-state index contributed by atoms with van der Waals surface area (Å²) in [6.07, 6.45) is 10.2. The first-order valence-electron chi connectivity index (χ1n) is 9.18. The van der Waals surface area contributed by atoms with Crippen LogP contribution in [0.3, 0.4) is 0 Å². The van der Waals surface area contributed by atoms with E-state index in [9.17, 15) is 14.7 Å². The number of carboxylic acid groups (broad SMARTS) is 1. The van der Waals surface area contributed by atoms with Gasteiger partial charge >= 0.3 is 5.97 Å². The lowest BCUT2D eigenvalue weighted by Gasteiger charge is -2.27. The van der Waals surface area contributed by atoms with E-state index in [4.69, 9.17) is 4.52 Å². The zero-order valence-electron chi connectivity index (χ0n) is 14.1. The van der Waals surface area contributed by atoms with Crippen LogP contribution < -0.4 is 5.32 Å². The Balaban J connectivity index is 1.74. The Morgan fingerprint density at radius 2 is 1.71 bits per heavy atom. The highest BCUT2D eigenvalue weighted by Gasteiger charge is 2.32. The molecule has 24 heavy (non-hydrogen) atoms. The van der Waals surface area contributed by atoms with Crippen LogP contribution in [0.5, 0.6) is 0 Å². The van der Waals surface area contributed by atoms with E-state index < -0.39 is 11.9 Å². The third-order valence-corrected chi connectivity index (χ3v) is 5.31. The summed E-state index contributed by atoms with van der Waals surface area (Å²) in [7, 11) is 0. The Hall–Kier alpha value is -1.85. The van der Waals surface area contributed by atoms with E-state index >= 15 is 0 Å². The van der Waals surface area contributed by atoms with Gasteiger partial charge in [0.2, 0.25) is 0 Å². The molecule has 1 heterocycles. The fourth-order valence-corrected chi connectivity index (χ4v) is 3.93. The molecule has 1 aromatic rings. The summed E-state index contributed by atoms with van der Waals surface area (Å²) in [5.41, 5.74) is 1.28.